The molecule has 1 atom stereocenters. The molecular weight excluding hydrogens is 282 g/mol. The lowest BCUT2D eigenvalue weighted by Gasteiger charge is -2.24. The van der Waals surface area contributed by atoms with Gasteiger partial charge in [-0.3, -0.25) is 9.48 Å². The Balaban J connectivity index is 1.81. The van der Waals surface area contributed by atoms with Crippen LogP contribution in [0.5, 0.6) is 5.75 Å². The number of hydrogen-bond acceptors (Lipinski definition) is 5. The van der Waals surface area contributed by atoms with E-state index in [4.69, 9.17) is 10.5 Å². The molecule has 0 fully saturated rings. The fourth-order valence-electron chi connectivity index (χ4n) is 2.92. The van der Waals surface area contributed by atoms with Crippen molar-refractivity contribution in [1.29, 1.82) is 0 Å². The molecule has 0 saturated carbocycles. The van der Waals surface area contributed by atoms with Crippen molar-refractivity contribution >= 4 is 5.91 Å². The zero-order valence-electron chi connectivity index (χ0n) is 12.7. The average molecular weight is 301 g/mol. The fraction of sp³-hybridized carbons (Fsp3) is 0.400. The second kappa shape index (κ2) is 5.42. The molecular formula is C15H19N5O2. The number of nitrogens with two attached hydrogens (primary N) is 1. The van der Waals surface area contributed by atoms with Crippen LogP contribution in [0.3, 0.4) is 0 Å². The number of fused-ring (bicyclic) bond motifs is 1. The minimum Gasteiger partial charge on any atom is -0.496 e. The third-order valence-corrected chi connectivity index (χ3v) is 4.25. The number of benzene rings is 1. The van der Waals surface area contributed by atoms with E-state index in [1.165, 1.54) is 0 Å². The first-order valence-corrected chi connectivity index (χ1v) is 7.13. The summed E-state index contributed by atoms with van der Waals surface area (Å²) in [6.45, 7) is 0.348. The Morgan fingerprint density at radius 3 is 3.05 bits per heavy atom. The second-order valence-corrected chi connectivity index (χ2v) is 5.49. The summed E-state index contributed by atoms with van der Waals surface area (Å²) < 4.78 is 6.98. The van der Waals surface area contributed by atoms with Crippen LogP contribution in [-0.2, 0) is 30.3 Å². The average Bonchev–Trinajstić information content (AvgIpc) is 3.09. The Morgan fingerprint density at radius 2 is 2.36 bits per heavy atom. The smallest absolute Gasteiger partial charge is 0.245 e. The van der Waals surface area contributed by atoms with E-state index < -0.39 is 5.54 Å². The minimum atomic E-state index is -1.02. The molecule has 3 rings (SSSR count). The Morgan fingerprint density at radius 1 is 1.55 bits per heavy atom. The predicted octanol–water partition coefficient (Wildman–Crippen LogP) is 0.240. The molecule has 0 radical (unpaired) electrons. The van der Waals surface area contributed by atoms with Crippen LogP contribution < -0.4 is 15.8 Å². The van der Waals surface area contributed by atoms with Gasteiger partial charge in [-0.25, -0.2) is 0 Å². The number of rotatable bonds is 4. The van der Waals surface area contributed by atoms with E-state index >= 15 is 0 Å². The van der Waals surface area contributed by atoms with Gasteiger partial charge in [0.1, 0.15) is 11.3 Å². The number of hydrogen-bond donors (Lipinski definition) is 2. The van der Waals surface area contributed by atoms with Gasteiger partial charge in [0.25, 0.3) is 0 Å². The number of carbonyl (C=O) groups excluding carboxylic acids is 1. The third-order valence-electron chi connectivity index (χ3n) is 4.25. The number of aryl methyl sites for hydroxylation is 1. The minimum absolute atomic E-state index is 0.194. The third kappa shape index (κ3) is 2.23. The fourth-order valence-corrected chi connectivity index (χ4v) is 2.92. The lowest BCUT2D eigenvalue weighted by Crippen LogP contribution is -2.49. The molecule has 7 nitrogen and oxygen atoms in total. The van der Waals surface area contributed by atoms with Crippen molar-refractivity contribution in [2.24, 2.45) is 12.8 Å². The van der Waals surface area contributed by atoms with Crippen LogP contribution in [0, 0.1) is 0 Å². The van der Waals surface area contributed by atoms with Crippen molar-refractivity contribution in [3.8, 4) is 5.75 Å². The van der Waals surface area contributed by atoms with E-state index in [2.05, 4.69) is 15.6 Å². The van der Waals surface area contributed by atoms with Crippen molar-refractivity contribution in [1.82, 2.24) is 20.3 Å². The first-order valence-electron chi connectivity index (χ1n) is 7.13. The van der Waals surface area contributed by atoms with E-state index in [1.807, 2.05) is 18.2 Å². The lowest BCUT2D eigenvalue weighted by atomic mass is 9.92. The Kier molecular flexibility index (Phi) is 3.58. The van der Waals surface area contributed by atoms with Gasteiger partial charge in [-0.15, -0.1) is 5.10 Å². The Hall–Kier alpha value is -2.41. The molecule has 22 heavy (non-hydrogen) atoms. The Labute approximate surface area is 128 Å². The second-order valence-electron chi connectivity index (χ2n) is 5.49. The van der Waals surface area contributed by atoms with Gasteiger partial charge in [-0.1, -0.05) is 17.3 Å². The van der Waals surface area contributed by atoms with E-state index in [0.29, 0.717) is 13.0 Å². The van der Waals surface area contributed by atoms with Gasteiger partial charge in [-0.05, 0) is 30.0 Å². The first kappa shape index (κ1) is 14.5. The monoisotopic (exact) mass is 301 g/mol. The highest BCUT2D eigenvalue weighted by Crippen LogP contribution is 2.39. The standard InChI is InChI=1S/C15H19N5O2/c1-20-10(9-18-19-20)8-17-14(21)15(16)7-6-11-12(15)4-3-5-13(11)22-2/h3-5,9H,6-8,16H2,1-2H3,(H,17,21). The topological polar surface area (TPSA) is 95.1 Å². The van der Waals surface area contributed by atoms with E-state index in [0.717, 1.165) is 29.0 Å². The number of nitrogens with one attached hydrogen (secondary N) is 1. The van der Waals surface area contributed by atoms with Crippen molar-refractivity contribution in [3.05, 3.63) is 41.2 Å². The van der Waals surface area contributed by atoms with Gasteiger partial charge in [0, 0.05) is 7.05 Å². The molecule has 0 aliphatic heterocycles. The van der Waals surface area contributed by atoms with Crippen molar-refractivity contribution in [2.75, 3.05) is 7.11 Å². The first-order chi connectivity index (χ1) is 10.6. The molecule has 116 valence electrons. The van der Waals surface area contributed by atoms with Crippen LogP contribution in [0.1, 0.15) is 23.2 Å². The molecule has 1 heterocycles. The van der Waals surface area contributed by atoms with Crippen LogP contribution >= 0.6 is 0 Å². The number of amides is 1. The maximum absolute atomic E-state index is 12.6. The zero-order chi connectivity index (χ0) is 15.7. The normalized spacial score (nSPS) is 19.8. The van der Waals surface area contributed by atoms with Crippen LogP contribution in [0.2, 0.25) is 0 Å². The molecule has 1 aliphatic rings. The summed E-state index contributed by atoms with van der Waals surface area (Å²) in [6, 6.07) is 5.66. The molecule has 1 aromatic carbocycles. The van der Waals surface area contributed by atoms with Gasteiger partial charge in [0.05, 0.1) is 25.5 Å². The highest BCUT2D eigenvalue weighted by molar-refractivity contribution is 5.89. The number of methoxy groups -OCH3 is 1. The quantitative estimate of drug-likeness (QED) is 0.843. The molecule has 1 unspecified atom stereocenters. The van der Waals surface area contributed by atoms with Gasteiger partial charge in [0.2, 0.25) is 5.91 Å². The number of aromatic nitrogens is 3. The van der Waals surface area contributed by atoms with Crippen molar-refractivity contribution < 1.29 is 9.53 Å². The zero-order valence-corrected chi connectivity index (χ0v) is 12.7. The van der Waals surface area contributed by atoms with Crippen LogP contribution in [0.25, 0.3) is 0 Å². The maximum Gasteiger partial charge on any atom is 0.245 e. The van der Waals surface area contributed by atoms with E-state index in [9.17, 15) is 4.79 Å². The van der Waals surface area contributed by atoms with E-state index in [1.54, 1.807) is 25.0 Å². The summed E-state index contributed by atoms with van der Waals surface area (Å²) in [4.78, 5) is 12.6. The summed E-state index contributed by atoms with van der Waals surface area (Å²) in [6.07, 6.45) is 2.92. The molecule has 0 saturated heterocycles. The summed E-state index contributed by atoms with van der Waals surface area (Å²) in [5.41, 5.74) is 8.07. The van der Waals surface area contributed by atoms with Crippen molar-refractivity contribution in [3.63, 3.8) is 0 Å². The number of carbonyl (C=O) groups is 1. The summed E-state index contributed by atoms with van der Waals surface area (Å²) in [5.74, 6) is 0.592. The molecule has 1 aromatic heterocycles. The van der Waals surface area contributed by atoms with E-state index in [-0.39, 0.29) is 5.91 Å². The van der Waals surface area contributed by atoms with Crippen LogP contribution in [0.4, 0.5) is 0 Å². The number of nitrogens with zero attached hydrogens (tertiary/aromatic N) is 3. The molecule has 1 amide bonds. The Bertz CT molecular complexity index is 712. The summed E-state index contributed by atoms with van der Waals surface area (Å²) in [7, 11) is 3.41. The van der Waals surface area contributed by atoms with Crippen LogP contribution in [0.15, 0.2) is 24.4 Å². The molecule has 3 N–H and O–H groups in total. The highest BCUT2D eigenvalue weighted by atomic mass is 16.5. The molecule has 0 bridgehead atoms. The molecule has 1 aliphatic carbocycles. The predicted molar refractivity (Wildman–Crippen MR) is 80.0 cm³/mol. The van der Waals surface area contributed by atoms with Gasteiger partial charge in [0.15, 0.2) is 0 Å². The molecule has 0 spiro atoms. The maximum atomic E-state index is 12.6. The SMILES string of the molecule is COc1cccc2c1CCC2(N)C(=O)NCc1cnnn1C. The van der Waals surface area contributed by atoms with Gasteiger partial charge >= 0.3 is 0 Å². The van der Waals surface area contributed by atoms with Gasteiger partial charge in [-0.2, -0.15) is 0 Å². The number of ether oxygens (including phenoxy) is 1. The highest BCUT2D eigenvalue weighted by Gasteiger charge is 2.42. The summed E-state index contributed by atoms with van der Waals surface area (Å²) >= 11 is 0. The largest absolute Gasteiger partial charge is 0.496 e. The van der Waals surface area contributed by atoms with Crippen molar-refractivity contribution in [2.45, 2.75) is 24.9 Å². The molecule has 2 aromatic rings. The van der Waals surface area contributed by atoms with Gasteiger partial charge < -0.3 is 15.8 Å². The summed E-state index contributed by atoms with van der Waals surface area (Å²) in [5, 5.41) is 10.5. The van der Waals surface area contributed by atoms with Crippen LogP contribution in [-0.4, -0.2) is 28.0 Å². The lowest BCUT2D eigenvalue weighted by molar-refractivity contribution is -0.126. The molecule has 7 heteroatoms.